The van der Waals surface area contributed by atoms with E-state index in [0.717, 1.165) is 0 Å². The summed E-state index contributed by atoms with van der Waals surface area (Å²) in [5.74, 6) is -0.552. The van der Waals surface area contributed by atoms with Gasteiger partial charge in [0.25, 0.3) is 0 Å². The Morgan fingerprint density at radius 2 is 1.03 bits per heavy atom. The third-order valence-electron chi connectivity index (χ3n) is 6.50. The highest BCUT2D eigenvalue weighted by Gasteiger charge is 2.65. The predicted octanol–water partition coefficient (Wildman–Crippen LogP) is 2.92. The number of rotatable bonds is 2. The van der Waals surface area contributed by atoms with Gasteiger partial charge in [-0.15, -0.1) is 0 Å². The Morgan fingerprint density at radius 3 is 1.41 bits per heavy atom. The molecule has 3 aliphatic rings. The lowest BCUT2D eigenvalue weighted by atomic mass is 9.57. The van der Waals surface area contributed by atoms with Crippen LogP contribution in [0.25, 0.3) is 0 Å². The van der Waals surface area contributed by atoms with Crippen LogP contribution in [-0.2, 0) is 9.59 Å². The second kappa shape index (κ2) is 8.11. The van der Waals surface area contributed by atoms with Gasteiger partial charge in [0.15, 0.2) is 0 Å². The molecule has 164 valence electrons. The molecule has 2 amide bonds. The lowest BCUT2D eigenvalue weighted by molar-refractivity contribution is -0.163. The van der Waals surface area contributed by atoms with Crippen molar-refractivity contribution in [1.82, 2.24) is 9.80 Å². The number of Topliss-reactive ketones (excluding diaryl/α,β-unsaturated/α-hetero) is 2. The molecule has 0 N–H and O–H groups in total. The number of hydrogen-bond donors (Lipinski definition) is 0. The Kier molecular flexibility index (Phi) is 5.13. The van der Waals surface area contributed by atoms with E-state index in [1.165, 1.54) is 9.80 Å². The van der Waals surface area contributed by atoms with E-state index in [1.54, 1.807) is 48.5 Å². The van der Waals surface area contributed by atoms with E-state index in [2.05, 4.69) is 0 Å². The van der Waals surface area contributed by atoms with Crippen molar-refractivity contribution in [3.63, 3.8) is 0 Å². The third kappa shape index (κ3) is 3.41. The van der Waals surface area contributed by atoms with Crippen LogP contribution in [0.5, 0.6) is 11.5 Å². The highest BCUT2D eigenvalue weighted by Crippen LogP contribution is 2.48. The Labute approximate surface area is 184 Å². The van der Waals surface area contributed by atoms with Gasteiger partial charge in [0, 0.05) is 25.9 Å². The number of benzene rings is 2. The third-order valence-corrected chi connectivity index (χ3v) is 6.50. The summed E-state index contributed by atoms with van der Waals surface area (Å²) in [6.45, 7) is 0.382. The molecule has 0 radical (unpaired) electrons. The van der Waals surface area contributed by atoms with Gasteiger partial charge in [0.2, 0.25) is 0 Å². The van der Waals surface area contributed by atoms with Crippen LogP contribution < -0.4 is 9.47 Å². The number of nitrogens with zero attached hydrogens (tertiary/aromatic N) is 2. The minimum Gasteiger partial charge on any atom is -0.410 e. The van der Waals surface area contributed by atoms with E-state index in [1.807, 2.05) is 12.1 Å². The molecule has 2 aromatic rings. The number of carbonyl (C=O) groups is 4. The van der Waals surface area contributed by atoms with E-state index in [4.69, 9.17) is 9.47 Å². The highest BCUT2D eigenvalue weighted by atomic mass is 16.6. The summed E-state index contributed by atoms with van der Waals surface area (Å²) in [7, 11) is 0. The monoisotopic (exact) mass is 434 g/mol. The highest BCUT2D eigenvalue weighted by molar-refractivity contribution is 5.95. The van der Waals surface area contributed by atoms with E-state index >= 15 is 0 Å². The molecule has 0 bridgehead atoms. The molecule has 32 heavy (non-hydrogen) atoms. The molecule has 3 fully saturated rings. The maximum Gasteiger partial charge on any atom is 0.415 e. The van der Waals surface area contributed by atoms with E-state index in [9.17, 15) is 19.2 Å². The van der Waals surface area contributed by atoms with Crippen LogP contribution in [0.3, 0.4) is 0 Å². The summed E-state index contributed by atoms with van der Waals surface area (Å²) >= 11 is 0. The molecule has 8 nitrogen and oxygen atoms in total. The zero-order valence-electron chi connectivity index (χ0n) is 17.3. The molecule has 5 rings (SSSR count). The average Bonchev–Trinajstić information content (AvgIpc) is 2.78. The Balaban J connectivity index is 1.37. The Hall–Kier alpha value is -3.68. The Bertz CT molecular complexity index is 963. The molecule has 2 heterocycles. The fourth-order valence-corrected chi connectivity index (χ4v) is 5.06. The molecule has 2 aliphatic heterocycles. The molecule has 0 spiro atoms. The van der Waals surface area contributed by atoms with Crippen LogP contribution in [0, 0.1) is 11.8 Å². The zero-order valence-corrected chi connectivity index (χ0v) is 17.3. The molecule has 0 atom stereocenters. The summed E-state index contributed by atoms with van der Waals surface area (Å²) in [6.07, 6.45) is -0.864. The fraction of sp³-hybridized carbons (Fsp3) is 0.333. The summed E-state index contributed by atoms with van der Waals surface area (Å²) in [5.41, 5.74) is 0. The number of amides is 2. The van der Waals surface area contributed by atoms with Crippen molar-refractivity contribution in [1.29, 1.82) is 0 Å². The molecule has 0 aromatic heterocycles. The van der Waals surface area contributed by atoms with Crippen molar-refractivity contribution >= 4 is 23.8 Å². The molecule has 2 aromatic carbocycles. The first-order valence-electron chi connectivity index (χ1n) is 10.7. The van der Waals surface area contributed by atoms with Crippen LogP contribution in [0.15, 0.2) is 60.7 Å². The van der Waals surface area contributed by atoms with Gasteiger partial charge >= 0.3 is 12.2 Å². The SMILES string of the molecule is O=C1CCN(C(=O)Oc2ccccc2)C2C1C1C2C(=O)CCN1C(=O)Oc1ccccc1. The maximum absolute atomic E-state index is 12.9. The number of fused-ring (bicyclic) bond motifs is 4. The quantitative estimate of drug-likeness (QED) is 0.722. The fourth-order valence-electron chi connectivity index (χ4n) is 5.06. The van der Waals surface area contributed by atoms with Gasteiger partial charge in [0.05, 0.1) is 23.9 Å². The van der Waals surface area contributed by atoms with Crippen LogP contribution in [0.4, 0.5) is 9.59 Å². The second-order valence-corrected chi connectivity index (χ2v) is 8.21. The summed E-state index contributed by atoms with van der Waals surface area (Å²) in [4.78, 5) is 54.3. The lowest BCUT2D eigenvalue weighted by Gasteiger charge is -2.60. The number of ether oxygens (including phenoxy) is 2. The summed E-state index contributed by atoms with van der Waals surface area (Å²) in [6, 6.07) is 16.1. The summed E-state index contributed by atoms with van der Waals surface area (Å²) in [5, 5.41) is 0. The number of ketones is 2. The van der Waals surface area contributed by atoms with Crippen molar-refractivity contribution in [2.24, 2.45) is 11.8 Å². The first-order valence-corrected chi connectivity index (χ1v) is 10.7. The molecule has 2 saturated heterocycles. The number of piperidine rings is 2. The van der Waals surface area contributed by atoms with Crippen molar-refractivity contribution in [3.05, 3.63) is 60.7 Å². The van der Waals surface area contributed by atoms with Crippen LogP contribution in [-0.4, -0.2) is 58.7 Å². The van der Waals surface area contributed by atoms with Crippen molar-refractivity contribution in [3.8, 4) is 11.5 Å². The van der Waals surface area contributed by atoms with Crippen LogP contribution in [0.2, 0.25) is 0 Å². The minimum atomic E-state index is -0.621. The molecular weight excluding hydrogens is 412 g/mol. The van der Waals surface area contributed by atoms with Crippen molar-refractivity contribution in [2.45, 2.75) is 24.9 Å². The van der Waals surface area contributed by atoms with Gasteiger partial charge in [-0.05, 0) is 24.3 Å². The molecule has 0 unspecified atom stereocenters. The zero-order chi connectivity index (χ0) is 22.2. The standard InChI is InChI=1S/C24H22N2O6/c27-17-11-13-25(23(29)31-15-7-3-1-4-8-15)21-19(17)22-20(21)18(28)12-14-26(22)24(30)32-16-9-5-2-6-10-16/h1-10,19-22H,11-14H2. The number of hydrogen-bond acceptors (Lipinski definition) is 6. The normalized spacial score (nSPS) is 26.5. The van der Waals surface area contributed by atoms with Gasteiger partial charge in [-0.2, -0.15) is 0 Å². The number of para-hydroxylation sites is 2. The summed E-state index contributed by atoms with van der Waals surface area (Å²) < 4.78 is 10.9. The van der Waals surface area contributed by atoms with Crippen molar-refractivity contribution in [2.75, 3.05) is 13.1 Å². The average molecular weight is 434 g/mol. The number of likely N-dealkylation sites (tertiary alicyclic amines) is 2. The van der Waals surface area contributed by atoms with Gasteiger partial charge in [-0.25, -0.2) is 9.59 Å². The molecular formula is C24H22N2O6. The van der Waals surface area contributed by atoms with Gasteiger partial charge in [0.1, 0.15) is 23.1 Å². The molecule has 8 heteroatoms. The lowest BCUT2D eigenvalue weighted by Crippen LogP contribution is -2.77. The minimum absolute atomic E-state index is 0.0489. The van der Waals surface area contributed by atoms with Crippen LogP contribution in [0.1, 0.15) is 12.8 Å². The van der Waals surface area contributed by atoms with Crippen molar-refractivity contribution < 1.29 is 28.7 Å². The second-order valence-electron chi connectivity index (χ2n) is 8.21. The van der Waals surface area contributed by atoms with Gasteiger partial charge in [-0.3, -0.25) is 9.59 Å². The molecule has 1 saturated carbocycles. The Morgan fingerprint density at radius 1 is 0.656 bits per heavy atom. The van der Waals surface area contributed by atoms with E-state index in [0.29, 0.717) is 11.5 Å². The van der Waals surface area contributed by atoms with Gasteiger partial charge in [-0.1, -0.05) is 36.4 Å². The first kappa shape index (κ1) is 20.2. The van der Waals surface area contributed by atoms with E-state index < -0.39 is 36.1 Å². The largest absolute Gasteiger partial charge is 0.415 e. The van der Waals surface area contributed by atoms with Gasteiger partial charge < -0.3 is 19.3 Å². The maximum atomic E-state index is 12.9. The first-order chi connectivity index (χ1) is 15.5. The number of carbonyl (C=O) groups excluding carboxylic acids is 4. The topological polar surface area (TPSA) is 93.2 Å². The predicted molar refractivity (Wildman–Crippen MR) is 112 cm³/mol. The molecule has 1 aliphatic carbocycles. The smallest absolute Gasteiger partial charge is 0.410 e. The van der Waals surface area contributed by atoms with E-state index in [-0.39, 0.29) is 37.5 Å². The van der Waals surface area contributed by atoms with Crippen LogP contribution >= 0.6 is 0 Å².